The van der Waals surface area contributed by atoms with Crippen molar-refractivity contribution in [2.45, 2.75) is 11.8 Å². The molecule has 8 heteroatoms. The monoisotopic (exact) mass is 398 g/mol. The van der Waals surface area contributed by atoms with Gasteiger partial charge in [-0.05, 0) is 35.9 Å². The second-order valence-corrected chi connectivity index (χ2v) is 7.39. The molecule has 2 aromatic carbocycles. The summed E-state index contributed by atoms with van der Waals surface area (Å²) in [4.78, 5) is 25.6. The summed E-state index contributed by atoms with van der Waals surface area (Å²) in [5.41, 5.74) is 1.38. The van der Waals surface area contributed by atoms with Crippen LogP contribution in [0.15, 0.2) is 48.7 Å². The van der Waals surface area contributed by atoms with Crippen molar-refractivity contribution >= 4 is 46.5 Å². The van der Waals surface area contributed by atoms with E-state index in [-0.39, 0.29) is 18.2 Å². The Morgan fingerprint density at radius 1 is 1.04 bits per heavy atom. The van der Waals surface area contributed by atoms with E-state index in [9.17, 15) is 9.59 Å². The molecule has 0 radical (unpaired) electrons. The Hall–Kier alpha value is -2.83. The molecule has 3 heterocycles. The van der Waals surface area contributed by atoms with Crippen molar-refractivity contribution in [2.75, 3.05) is 10.6 Å². The van der Waals surface area contributed by atoms with E-state index in [0.29, 0.717) is 38.4 Å². The molecule has 134 valence electrons. The van der Waals surface area contributed by atoms with E-state index in [4.69, 9.17) is 23.2 Å². The zero-order valence-electron chi connectivity index (χ0n) is 13.8. The third kappa shape index (κ3) is 2.17. The molecule has 0 fully saturated rings. The van der Waals surface area contributed by atoms with Gasteiger partial charge in [0, 0.05) is 22.7 Å². The summed E-state index contributed by atoms with van der Waals surface area (Å²) < 4.78 is 1.55. The molecule has 2 aliphatic heterocycles. The number of nitrogens with zero attached hydrogens (tertiary/aromatic N) is 2. The van der Waals surface area contributed by atoms with Crippen LogP contribution in [0.4, 0.5) is 11.5 Å². The molecule has 2 amide bonds. The number of carbonyl (C=O) groups excluding carboxylic acids is 2. The number of benzene rings is 2. The fourth-order valence-corrected chi connectivity index (χ4v) is 4.26. The van der Waals surface area contributed by atoms with Crippen molar-refractivity contribution in [3.8, 4) is 5.69 Å². The molecule has 6 nitrogen and oxygen atoms in total. The van der Waals surface area contributed by atoms with Crippen molar-refractivity contribution in [3.05, 3.63) is 69.8 Å². The van der Waals surface area contributed by atoms with Gasteiger partial charge < -0.3 is 10.6 Å². The second kappa shape index (κ2) is 5.58. The molecule has 0 saturated carbocycles. The van der Waals surface area contributed by atoms with Crippen molar-refractivity contribution < 1.29 is 9.59 Å². The summed E-state index contributed by atoms with van der Waals surface area (Å²) in [7, 11) is 0. The summed E-state index contributed by atoms with van der Waals surface area (Å²) in [5.74, 6) is -0.115. The van der Waals surface area contributed by atoms with Crippen molar-refractivity contribution in [3.63, 3.8) is 0 Å². The highest BCUT2D eigenvalue weighted by molar-refractivity contribution is 6.32. The standard InChI is InChI=1S/C19H12Cl2N4O2/c20-10-5-6-14-11(7-10)19(18(27)23-14)8-16(26)24-17-12(19)9-22-25(17)15-4-2-1-3-13(15)21/h1-7,9H,8H2,(H,23,27)(H,24,26)/t19-/m1/s1. The minimum absolute atomic E-state index is 0.0204. The molecule has 1 aromatic heterocycles. The Morgan fingerprint density at radius 2 is 1.85 bits per heavy atom. The summed E-state index contributed by atoms with van der Waals surface area (Å²) in [6.07, 6.45) is 1.58. The Kier molecular flexibility index (Phi) is 3.38. The SMILES string of the molecule is O=C1C[C@]2(C(=O)Nc3ccc(Cl)cc32)c2cnn(-c3ccccc3Cl)c2N1. The number of anilines is 2. The summed E-state index contributed by atoms with van der Waals surface area (Å²) in [6.45, 7) is 0. The van der Waals surface area contributed by atoms with Crippen LogP contribution in [0, 0.1) is 0 Å². The van der Waals surface area contributed by atoms with Gasteiger partial charge in [-0.2, -0.15) is 5.10 Å². The maximum Gasteiger partial charge on any atom is 0.240 e. The lowest BCUT2D eigenvalue weighted by molar-refractivity contribution is -0.125. The summed E-state index contributed by atoms with van der Waals surface area (Å²) >= 11 is 12.5. The number of aromatic nitrogens is 2. The molecule has 1 spiro atoms. The van der Waals surface area contributed by atoms with E-state index in [1.807, 2.05) is 12.1 Å². The van der Waals surface area contributed by atoms with Crippen LogP contribution in [0.1, 0.15) is 17.5 Å². The molecule has 27 heavy (non-hydrogen) atoms. The van der Waals surface area contributed by atoms with Crippen LogP contribution in [0.25, 0.3) is 5.69 Å². The largest absolute Gasteiger partial charge is 0.325 e. The lowest BCUT2D eigenvalue weighted by Gasteiger charge is -2.31. The maximum absolute atomic E-state index is 13.0. The molecule has 2 aliphatic rings. The highest BCUT2D eigenvalue weighted by Crippen LogP contribution is 2.50. The lowest BCUT2D eigenvalue weighted by Crippen LogP contribution is -2.43. The van der Waals surface area contributed by atoms with Crippen molar-refractivity contribution in [1.82, 2.24) is 9.78 Å². The van der Waals surface area contributed by atoms with Gasteiger partial charge in [0.25, 0.3) is 0 Å². The van der Waals surface area contributed by atoms with Crippen molar-refractivity contribution in [1.29, 1.82) is 0 Å². The molecule has 0 unspecified atom stereocenters. The molecule has 0 bridgehead atoms. The first-order valence-electron chi connectivity index (χ1n) is 8.25. The first-order valence-corrected chi connectivity index (χ1v) is 9.01. The summed E-state index contributed by atoms with van der Waals surface area (Å²) in [6, 6.07) is 12.3. The zero-order chi connectivity index (χ0) is 18.8. The normalized spacial score (nSPS) is 20.2. The highest BCUT2D eigenvalue weighted by atomic mass is 35.5. The highest BCUT2D eigenvalue weighted by Gasteiger charge is 2.54. The zero-order valence-corrected chi connectivity index (χ0v) is 15.3. The quantitative estimate of drug-likeness (QED) is 0.654. The van der Waals surface area contributed by atoms with E-state index in [1.54, 1.807) is 41.2 Å². The van der Waals surface area contributed by atoms with Crippen LogP contribution in [-0.2, 0) is 15.0 Å². The Bertz CT molecular complexity index is 1140. The van der Waals surface area contributed by atoms with E-state index >= 15 is 0 Å². The van der Waals surface area contributed by atoms with Gasteiger partial charge in [-0.1, -0.05) is 35.3 Å². The van der Waals surface area contributed by atoms with Crippen LogP contribution >= 0.6 is 23.2 Å². The van der Waals surface area contributed by atoms with Crippen LogP contribution < -0.4 is 10.6 Å². The summed E-state index contributed by atoms with van der Waals surface area (Å²) in [5, 5.41) is 11.1. The van der Waals surface area contributed by atoms with Gasteiger partial charge in [0.05, 0.1) is 16.9 Å². The third-order valence-electron chi connectivity index (χ3n) is 5.07. The molecule has 3 aromatic rings. The topological polar surface area (TPSA) is 76.0 Å². The fraction of sp³-hybridized carbons (Fsp3) is 0.105. The molecular formula is C19H12Cl2N4O2. The first-order chi connectivity index (χ1) is 13.0. The Balaban J connectivity index is 1.79. The number of fused-ring (bicyclic) bond motifs is 4. The maximum atomic E-state index is 13.0. The van der Waals surface area contributed by atoms with Crippen LogP contribution in [-0.4, -0.2) is 21.6 Å². The number of halogens is 2. The van der Waals surface area contributed by atoms with E-state index in [1.165, 1.54) is 0 Å². The first kappa shape index (κ1) is 16.4. The van der Waals surface area contributed by atoms with Crippen LogP contribution in [0.5, 0.6) is 0 Å². The second-order valence-electron chi connectivity index (χ2n) is 6.54. The Labute approximate surface area is 164 Å². The molecule has 2 N–H and O–H groups in total. The van der Waals surface area contributed by atoms with Gasteiger partial charge in [0.2, 0.25) is 11.8 Å². The number of carbonyl (C=O) groups is 2. The average molecular weight is 399 g/mol. The van der Waals surface area contributed by atoms with Gasteiger partial charge in [-0.25, -0.2) is 4.68 Å². The molecule has 5 rings (SSSR count). The van der Waals surface area contributed by atoms with Gasteiger partial charge in [0.1, 0.15) is 11.2 Å². The molecule has 0 aliphatic carbocycles. The molecule has 1 atom stereocenters. The van der Waals surface area contributed by atoms with Crippen LogP contribution in [0.3, 0.4) is 0 Å². The van der Waals surface area contributed by atoms with E-state index < -0.39 is 5.41 Å². The smallest absolute Gasteiger partial charge is 0.240 e. The van der Waals surface area contributed by atoms with Gasteiger partial charge in [-0.15, -0.1) is 0 Å². The number of nitrogens with one attached hydrogen (secondary N) is 2. The van der Waals surface area contributed by atoms with E-state index in [2.05, 4.69) is 15.7 Å². The fourth-order valence-electron chi connectivity index (χ4n) is 3.87. The minimum atomic E-state index is -1.17. The predicted molar refractivity (Wildman–Crippen MR) is 103 cm³/mol. The predicted octanol–water partition coefficient (Wildman–Crippen LogP) is 3.76. The lowest BCUT2D eigenvalue weighted by atomic mass is 9.72. The van der Waals surface area contributed by atoms with Crippen LogP contribution in [0.2, 0.25) is 10.0 Å². The number of rotatable bonds is 1. The number of para-hydroxylation sites is 1. The number of hydrogen-bond acceptors (Lipinski definition) is 3. The average Bonchev–Trinajstić information content (AvgIpc) is 3.16. The van der Waals surface area contributed by atoms with Crippen molar-refractivity contribution in [2.24, 2.45) is 0 Å². The molecule has 0 saturated heterocycles. The Morgan fingerprint density at radius 3 is 2.67 bits per heavy atom. The minimum Gasteiger partial charge on any atom is -0.325 e. The molecular weight excluding hydrogens is 387 g/mol. The number of hydrogen-bond donors (Lipinski definition) is 2. The van der Waals surface area contributed by atoms with Gasteiger partial charge in [-0.3, -0.25) is 9.59 Å². The number of amides is 2. The van der Waals surface area contributed by atoms with E-state index in [0.717, 1.165) is 0 Å². The van der Waals surface area contributed by atoms with Gasteiger partial charge >= 0.3 is 0 Å². The van der Waals surface area contributed by atoms with Gasteiger partial charge in [0.15, 0.2) is 0 Å². The third-order valence-corrected chi connectivity index (χ3v) is 5.63.